The van der Waals surface area contributed by atoms with E-state index in [1.807, 2.05) is 36.4 Å². The van der Waals surface area contributed by atoms with Gasteiger partial charge in [0.2, 0.25) is 0 Å². The number of aliphatic hydroxyl groups excluding tert-OH is 1. The number of benzene rings is 2. The molecule has 0 spiro atoms. The maximum Gasteiger partial charge on any atom is 0.0563 e. The molecule has 2 nitrogen and oxygen atoms in total. The third kappa shape index (κ3) is 5.24. The smallest absolute Gasteiger partial charge is 0.0563 e. The third-order valence-corrected chi connectivity index (χ3v) is 3.72. The number of hydrogen-bond donors (Lipinski definition) is 2. The fourth-order valence-corrected chi connectivity index (χ4v) is 2.53. The molecule has 2 atom stereocenters. The van der Waals surface area contributed by atoms with Gasteiger partial charge in [-0.25, -0.2) is 0 Å². The van der Waals surface area contributed by atoms with Gasteiger partial charge in [-0.15, -0.1) is 0 Å². The number of anilines is 1. The zero-order chi connectivity index (χ0) is 14.9. The standard InChI is InChI=1S/C19H25NO/c1-2-3-14-18(21)15-19(16-10-6-4-7-11-16)20-17-12-8-5-9-13-17/h4-13,18-21H,2-3,14-15H2,1H3/t18-,19+/m1/s1. The molecule has 2 aromatic carbocycles. The van der Waals surface area contributed by atoms with Gasteiger partial charge in [0.05, 0.1) is 12.1 Å². The van der Waals surface area contributed by atoms with Crippen molar-refractivity contribution in [2.45, 2.75) is 44.8 Å². The van der Waals surface area contributed by atoms with Gasteiger partial charge in [0, 0.05) is 5.69 Å². The summed E-state index contributed by atoms with van der Waals surface area (Å²) in [5.41, 5.74) is 2.31. The van der Waals surface area contributed by atoms with Crippen LogP contribution in [0.25, 0.3) is 0 Å². The summed E-state index contributed by atoms with van der Waals surface area (Å²) >= 11 is 0. The summed E-state index contributed by atoms with van der Waals surface area (Å²) < 4.78 is 0. The predicted octanol–water partition coefficient (Wildman–Crippen LogP) is 4.78. The molecule has 2 rings (SSSR count). The van der Waals surface area contributed by atoms with E-state index in [0.717, 1.165) is 31.4 Å². The van der Waals surface area contributed by atoms with Gasteiger partial charge in [0.15, 0.2) is 0 Å². The van der Waals surface area contributed by atoms with E-state index in [1.54, 1.807) is 0 Å². The first-order valence-electron chi connectivity index (χ1n) is 7.84. The van der Waals surface area contributed by atoms with Crippen LogP contribution in [0.5, 0.6) is 0 Å². The molecule has 0 unspecified atom stereocenters. The number of hydrogen-bond acceptors (Lipinski definition) is 2. The van der Waals surface area contributed by atoms with Crippen molar-refractivity contribution >= 4 is 5.69 Å². The number of para-hydroxylation sites is 1. The van der Waals surface area contributed by atoms with Crippen molar-refractivity contribution in [3.05, 3.63) is 66.2 Å². The Kier molecular flexibility index (Phi) is 6.29. The highest BCUT2D eigenvalue weighted by Crippen LogP contribution is 2.25. The SMILES string of the molecule is CCCC[C@@H](O)C[C@H](Nc1ccccc1)c1ccccc1. The molecule has 0 saturated carbocycles. The maximum atomic E-state index is 10.3. The lowest BCUT2D eigenvalue weighted by Crippen LogP contribution is -2.18. The van der Waals surface area contributed by atoms with Crippen molar-refractivity contribution in [1.82, 2.24) is 0 Å². The van der Waals surface area contributed by atoms with Crippen LogP contribution in [0.1, 0.15) is 44.2 Å². The van der Waals surface area contributed by atoms with Crippen LogP contribution in [0, 0.1) is 0 Å². The summed E-state index contributed by atoms with van der Waals surface area (Å²) in [6.45, 7) is 2.16. The Morgan fingerprint density at radius 1 is 0.952 bits per heavy atom. The molecule has 0 aliphatic carbocycles. The second kappa shape index (κ2) is 8.48. The van der Waals surface area contributed by atoms with Crippen molar-refractivity contribution in [3.8, 4) is 0 Å². The summed E-state index contributed by atoms with van der Waals surface area (Å²) in [5, 5.41) is 13.8. The van der Waals surface area contributed by atoms with E-state index < -0.39 is 0 Å². The van der Waals surface area contributed by atoms with Gasteiger partial charge < -0.3 is 10.4 Å². The molecule has 0 bridgehead atoms. The van der Waals surface area contributed by atoms with Gasteiger partial charge in [-0.2, -0.15) is 0 Å². The topological polar surface area (TPSA) is 32.3 Å². The van der Waals surface area contributed by atoms with Crippen LogP contribution < -0.4 is 5.32 Å². The van der Waals surface area contributed by atoms with Gasteiger partial charge in [-0.1, -0.05) is 68.3 Å². The molecule has 0 heterocycles. The Morgan fingerprint density at radius 2 is 1.57 bits per heavy atom. The zero-order valence-corrected chi connectivity index (χ0v) is 12.7. The van der Waals surface area contributed by atoms with Gasteiger partial charge in [0.25, 0.3) is 0 Å². The lowest BCUT2D eigenvalue weighted by Gasteiger charge is -2.23. The Balaban J connectivity index is 2.07. The van der Waals surface area contributed by atoms with Crippen molar-refractivity contribution in [3.63, 3.8) is 0 Å². The highest BCUT2D eigenvalue weighted by Gasteiger charge is 2.16. The number of rotatable bonds is 8. The van der Waals surface area contributed by atoms with Crippen molar-refractivity contribution in [1.29, 1.82) is 0 Å². The van der Waals surface area contributed by atoms with Gasteiger partial charge in [0.1, 0.15) is 0 Å². The number of aliphatic hydroxyl groups is 1. The Morgan fingerprint density at radius 3 is 2.19 bits per heavy atom. The normalized spacial score (nSPS) is 13.6. The van der Waals surface area contributed by atoms with Crippen molar-refractivity contribution < 1.29 is 5.11 Å². The van der Waals surface area contributed by atoms with E-state index in [1.165, 1.54) is 5.56 Å². The van der Waals surface area contributed by atoms with Crippen LogP contribution in [-0.4, -0.2) is 11.2 Å². The molecule has 0 saturated heterocycles. The molecule has 0 aliphatic rings. The Hall–Kier alpha value is -1.80. The third-order valence-electron chi connectivity index (χ3n) is 3.72. The van der Waals surface area contributed by atoms with E-state index in [-0.39, 0.29) is 12.1 Å². The van der Waals surface area contributed by atoms with Gasteiger partial charge in [-0.05, 0) is 30.5 Å². The second-order valence-corrected chi connectivity index (χ2v) is 5.51. The molecule has 112 valence electrons. The summed E-state index contributed by atoms with van der Waals surface area (Å²) in [6.07, 6.45) is 3.55. The number of nitrogens with one attached hydrogen (secondary N) is 1. The summed E-state index contributed by atoms with van der Waals surface area (Å²) in [6, 6.07) is 20.7. The van der Waals surface area contributed by atoms with Crippen LogP contribution in [0.4, 0.5) is 5.69 Å². The number of unbranched alkanes of at least 4 members (excludes halogenated alkanes) is 1. The molecule has 0 amide bonds. The zero-order valence-electron chi connectivity index (χ0n) is 12.7. The van der Waals surface area contributed by atoms with E-state index >= 15 is 0 Å². The molecule has 0 aromatic heterocycles. The largest absolute Gasteiger partial charge is 0.393 e. The Labute approximate surface area is 127 Å². The van der Waals surface area contributed by atoms with E-state index in [9.17, 15) is 5.11 Å². The fourth-order valence-electron chi connectivity index (χ4n) is 2.53. The van der Waals surface area contributed by atoms with Crippen molar-refractivity contribution in [2.24, 2.45) is 0 Å². The first-order chi connectivity index (χ1) is 10.3. The van der Waals surface area contributed by atoms with Crippen molar-refractivity contribution in [2.75, 3.05) is 5.32 Å². The molecule has 2 heteroatoms. The minimum Gasteiger partial charge on any atom is -0.393 e. The lowest BCUT2D eigenvalue weighted by molar-refractivity contribution is 0.145. The lowest BCUT2D eigenvalue weighted by atomic mass is 9.97. The predicted molar refractivity (Wildman–Crippen MR) is 89.4 cm³/mol. The van der Waals surface area contributed by atoms with E-state index in [2.05, 4.69) is 36.5 Å². The maximum absolute atomic E-state index is 10.3. The minimum absolute atomic E-state index is 0.139. The second-order valence-electron chi connectivity index (χ2n) is 5.51. The molecule has 0 fully saturated rings. The molecular formula is C19H25NO. The molecular weight excluding hydrogens is 258 g/mol. The van der Waals surface area contributed by atoms with Crippen LogP contribution in [-0.2, 0) is 0 Å². The van der Waals surface area contributed by atoms with E-state index in [4.69, 9.17) is 0 Å². The highest BCUT2D eigenvalue weighted by atomic mass is 16.3. The van der Waals surface area contributed by atoms with Crippen LogP contribution in [0.2, 0.25) is 0 Å². The molecule has 0 radical (unpaired) electrons. The summed E-state index contributed by atoms with van der Waals surface area (Å²) in [4.78, 5) is 0. The van der Waals surface area contributed by atoms with Gasteiger partial charge >= 0.3 is 0 Å². The molecule has 2 aromatic rings. The molecule has 21 heavy (non-hydrogen) atoms. The Bertz CT molecular complexity index is 497. The van der Waals surface area contributed by atoms with Crippen LogP contribution in [0.15, 0.2) is 60.7 Å². The highest BCUT2D eigenvalue weighted by molar-refractivity contribution is 5.45. The summed E-state index contributed by atoms with van der Waals surface area (Å²) in [5.74, 6) is 0. The van der Waals surface area contributed by atoms with Gasteiger partial charge in [-0.3, -0.25) is 0 Å². The first kappa shape index (κ1) is 15.6. The summed E-state index contributed by atoms with van der Waals surface area (Å²) in [7, 11) is 0. The van der Waals surface area contributed by atoms with Crippen LogP contribution >= 0.6 is 0 Å². The first-order valence-corrected chi connectivity index (χ1v) is 7.84. The molecule has 0 aliphatic heterocycles. The average molecular weight is 283 g/mol. The minimum atomic E-state index is -0.258. The van der Waals surface area contributed by atoms with E-state index in [0.29, 0.717) is 0 Å². The quantitative estimate of drug-likeness (QED) is 0.730. The molecule has 2 N–H and O–H groups in total. The fraction of sp³-hybridized carbons (Fsp3) is 0.368. The average Bonchev–Trinajstić information content (AvgIpc) is 2.54. The monoisotopic (exact) mass is 283 g/mol. The van der Waals surface area contributed by atoms with Crippen LogP contribution in [0.3, 0.4) is 0 Å².